The monoisotopic (exact) mass is 321 g/mol. The van der Waals surface area contributed by atoms with Crippen LogP contribution in [0.25, 0.3) is 0 Å². The Morgan fingerprint density at radius 3 is 2.71 bits per heavy atom. The number of carbonyl (C=O) groups is 1. The molecule has 21 heavy (non-hydrogen) atoms. The molecule has 108 valence electrons. The number of nitrogens with one attached hydrogen (secondary N) is 1. The lowest BCUT2D eigenvalue weighted by molar-refractivity contribution is 0.0951. The predicted octanol–water partition coefficient (Wildman–Crippen LogP) is 3.86. The van der Waals surface area contributed by atoms with Crippen molar-refractivity contribution >= 4 is 29.1 Å². The van der Waals surface area contributed by atoms with Gasteiger partial charge in [-0.05, 0) is 29.3 Å². The fourth-order valence-corrected chi connectivity index (χ4v) is 2.90. The Hall–Kier alpha value is -1.71. The van der Waals surface area contributed by atoms with Gasteiger partial charge in [-0.2, -0.15) is 0 Å². The summed E-state index contributed by atoms with van der Waals surface area (Å²) in [5, 5.41) is 3.54. The van der Waals surface area contributed by atoms with Crippen molar-refractivity contribution in [1.82, 2.24) is 5.32 Å². The third-order valence-electron chi connectivity index (χ3n) is 3.40. The molecule has 0 spiro atoms. The van der Waals surface area contributed by atoms with Crippen molar-refractivity contribution in [1.29, 1.82) is 0 Å². The van der Waals surface area contributed by atoms with E-state index < -0.39 is 0 Å². The van der Waals surface area contributed by atoms with Crippen LogP contribution in [-0.4, -0.2) is 12.5 Å². The van der Waals surface area contributed by atoms with E-state index in [-0.39, 0.29) is 5.91 Å². The average Bonchev–Trinajstić information content (AvgIpc) is 2.92. The summed E-state index contributed by atoms with van der Waals surface area (Å²) in [6, 6.07) is 10.9. The number of hydrogen-bond donors (Lipinski definition) is 1. The quantitative estimate of drug-likeness (QED) is 0.932. The maximum absolute atomic E-state index is 12.2. The molecular weight excluding hydrogens is 309 g/mol. The van der Waals surface area contributed by atoms with Crippen molar-refractivity contribution in [3.8, 4) is 5.75 Å². The van der Waals surface area contributed by atoms with Crippen LogP contribution in [0.1, 0.15) is 21.5 Å². The fourth-order valence-electron chi connectivity index (χ4n) is 2.34. The van der Waals surface area contributed by atoms with Crippen LogP contribution in [-0.2, 0) is 13.0 Å². The van der Waals surface area contributed by atoms with Gasteiger partial charge in [-0.15, -0.1) is 0 Å². The van der Waals surface area contributed by atoms with Gasteiger partial charge < -0.3 is 10.1 Å². The summed E-state index contributed by atoms with van der Waals surface area (Å²) < 4.78 is 5.46. The van der Waals surface area contributed by atoms with Gasteiger partial charge >= 0.3 is 0 Å². The van der Waals surface area contributed by atoms with Gasteiger partial charge in [-0.3, -0.25) is 4.79 Å². The van der Waals surface area contributed by atoms with E-state index in [9.17, 15) is 4.79 Å². The zero-order valence-corrected chi connectivity index (χ0v) is 12.7. The maximum Gasteiger partial charge on any atom is 0.254 e. The van der Waals surface area contributed by atoms with E-state index >= 15 is 0 Å². The standard InChI is InChI=1S/C16H13Cl2NO2/c17-12-2-1-3-13(18)15(12)16(20)19-9-10-4-5-14-11(8-10)6-7-21-14/h1-5,8H,6-7,9H2,(H,19,20). The molecule has 2 aromatic rings. The van der Waals surface area contributed by atoms with E-state index in [1.807, 2.05) is 12.1 Å². The number of ether oxygens (including phenoxy) is 1. The van der Waals surface area contributed by atoms with Gasteiger partial charge in [-0.1, -0.05) is 41.4 Å². The Bertz CT molecular complexity index is 680. The highest BCUT2D eigenvalue weighted by atomic mass is 35.5. The zero-order valence-electron chi connectivity index (χ0n) is 11.2. The third kappa shape index (κ3) is 2.99. The molecule has 3 nitrogen and oxygen atoms in total. The summed E-state index contributed by atoms with van der Waals surface area (Å²) in [6.07, 6.45) is 0.910. The van der Waals surface area contributed by atoms with Crippen molar-refractivity contribution in [2.45, 2.75) is 13.0 Å². The van der Waals surface area contributed by atoms with Crippen LogP contribution in [0.5, 0.6) is 5.75 Å². The topological polar surface area (TPSA) is 38.3 Å². The Labute approximate surface area is 132 Å². The van der Waals surface area contributed by atoms with Crippen LogP contribution in [0.3, 0.4) is 0 Å². The molecule has 3 rings (SSSR count). The molecule has 2 aromatic carbocycles. The molecule has 5 heteroatoms. The Morgan fingerprint density at radius 1 is 1.19 bits per heavy atom. The zero-order chi connectivity index (χ0) is 14.8. The number of amides is 1. The summed E-state index contributed by atoms with van der Waals surface area (Å²) in [4.78, 5) is 12.2. The Morgan fingerprint density at radius 2 is 1.95 bits per heavy atom. The molecular formula is C16H13Cl2NO2. The van der Waals surface area contributed by atoms with E-state index in [1.54, 1.807) is 18.2 Å². The molecule has 1 N–H and O–H groups in total. The number of hydrogen-bond acceptors (Lipinski definition) is 2. The molecule has 0 radical (unpaired) electrons. The van der Waals surface area contributed by atoms with E-state index in [4.69, 9.17) is 27.9 Å². The SMILES string of the molecule is O=C(NCc1ccc2c(c1)CCO2)c1c(Cl)cccc1Cl. The first-order valence-electron chi connectivity index (χ1n) is 6.62. The smallest absolute Gasteiger partial charge is 0.254 e. The minimum atomic E-state index is -0.276. The number of rotatable bonds is 3. The molecule has 0 saturated carbocycles. The number of halogens is 2. The Kier molecular flexibility index (Phi) is 4.04. The summed E-state index contributed by atoms with van der Waals surface area (Å²) in [6.45, 7) is 1.15. The van der Waals surface area contributed by atoms with Crippen LogP contribution in [0.4, 0.5) is 0 Å². The second-order valence-corrected chi connectivity index (χ2v) is 5.63. The van der Waals surface area contributed by atoms with Gasteiger partial charge in [0.15, 0.2) is 0 Å². The van der Waals surface area contributed by atoms with Gasteiger partial charge in [0.2, 0.25) is 0 Å². The van der Waals surface area contributed by atoms with Crippen LogP contribution in [0, 0.1) is 0 Å². The lowest BCUT2D eigenvalue weighted by Crippen LogP contribution is -2.23. The summed E-state index contributed by atoms with van der Waals surface area (Å²) in [5.41, 5.74) is 2.51. The summed E-state index contributed by atoms with van der Waals surface area (Å²) in [7, 11) is 0. The highest BCUT2D eigenvalue weighted by molar-refractivity contribution is 6.39. The van der Waals surface area contributed by atoms with Gasteiger partial charge in [-0.25, -0.2) is 0 Å². The second kappa shape index (κ2) is 5.96. The molecule has 0 bridgehead atoms. The van der Waals surface area contributed by atoms with Crippen molar-refractivity contribution in [2.75, 3.05) is 6.61 Å². The largest absolute Gasteiger partial charge is 0.493 e. The van der Waals surface area contributed by atoms with Crippen LogP contribution in [0.15, 0.2) is 36.4 Å². The van der Waals surface area contributed by atoms with E-state index in [0.29, 0.717) is 22.2 Å². The van der Waals surface area contributed by atoms with E-state index in [1.165, 1.54) is 5.56 Å². The second-order valence-electron chi connectivity index (χ2n) is 4.82. The first-order valence-corrected chi connectivity index (χ1v) is 7.37. The summed E-state index contributed by atoms with van der Waals surface area (Å²) >= 11 is 12.0. The third-order valence-corrected chi connectivity index (χ3v) is 4.03. The predicted molar refractivity (Wildman–Crippen MR) is 83.3 cm³/mol. The normalized spacial score (nSPS) is 12.7. The number of fused-ring (bicyclic) bond motifs is 1. The number of benzene rings is 2. The van der Waals surface area contributed by atoms with Crippen LogP contribution >= 0.6 is 23.2 Å². The lowest BCUT2D eigenvalue weighted by atomic mass is 10.1. The molecule has 1 amide bonds. The van der Waals surface area contributed by atoms with Crippen LogP contribution in [0.2, 0.25) is 10.0 Å². The molecule has 0 unspecified atom stereocenters. The molecule has 1 heterocycles. The van der Waals surface area contributed by atoms with Gasteiger partial charge in [0.1, 0.15) is 5.75 Å². The first kappa shape index (κ1) is 14.2. The van der Waals surface area contributed by atoms with Crippen molar-refractivity contribution in [3.05, 3.63) is 63.1 Å². The van der Waals surface area contributed by atoms with Crippen molar-refractivity contribution < 1.29 is 9.53 Å². The van der Waals surface area contributed by atoms with Gasteiger partial charge in [0.05, 0.1) is 22.2 Å². The van der Waals surface area contributed by atoms with E-state index in [0.717, 1.165) is 24.3 Å². The minimum Gasteiger partial charge on any atom is -0.493 e. The molecule has 0 fully saturated rings. The Balaban J connectivity index is 1.71. The molecule has 0 aliphatic carbocycles. The summed E-state index contributed by atoms with van der Waals surface area (Å²) in [5.74, 6) is 0.654. The molecule has 0 saturated heterocycles. The highest BCUT2D eigenvalue weighted by Crippen LogP contribution is 2.26. The molecule has 0 atom stereocenters. The van der Waals surface area contributed by atoms with Crippen molar-refractivity contribution in [2.24, 2.45) is 0 Å². The number of carbonyl (C=O) groups excluding carboxylic acids is 1. The van der Waals surface area contributed by atoms with Crippen LogP contribution < -0.4 is 10.1 Å². The average molecular weight is 322 g/mol. The molecule has 1 aliphatic heterocycles. The lowest BCUT2D eigenvalue weighted by Gasteiger charge is -2.09. The fraction of sp³-hybridized carbons (Fsp3) is 0.188. The molecule has 1 aliphatic rings. The van der Waals surface area contributed by atoms with Gasteiger partial charge in [0, 0.05) is 13.0 Å². The first-order chi connectivity index (χ1) is 10.1. The van der Waals surface area contributed by atoms with Gasteiger partial charge in [0.25, 0.3) is 5.91 Å². The minimum absolute atomic E-state index is 0.276. The highest BCUT2D eigenvalue weighted by Gasteiger charge is 2.15. The maximum atomic E-state index is 12.2. The van der Waals surface area contributed by atoms with E-state index in [2.05, 4.69) is 11.4 Å². The molecule has 0 aromatic heterocycles. The van der Waals surface area contributed by atoms with Crippen molar-refractivity contribution in [3.63, 3.8) is 0 Å².